The van der Waals surface area contributed by atoms with Crippen LogP contribution in [0.3, 0.4) is 0 Å². The van der Waals surface area contributed by atoms with Crippen molar-refractivity contribution >= 4 is 33.2 Å². The number of thiophene rings is 1. The Kier molecular flexibility index (Phi) is 4.90. The molecule has 3 heterocycles. The van der Waals surface area contributed by atoms with Gasteiger partial charge in [-0.1, -0.05) is 5.16 Å². The fourth-order valence-corrected chi connectivity index (χ4v) is 3.85. The van der Waals surface area contributed by atoms with Crippen LogP contribution in [0.2, 0.25) is 0 Å². The minimum atomic E-state index is 0.102. The van der Waals surface area contributed by atoms with Gasteiger partial charge in [0.15, 0.2) is 0 Å². The predicted molar refractivity (Wildman–Crippen MR) is 87.4 cm³/mol. The highest BCUT2D eigenvalue weighted by Crippen LogP contribution is 2.27. The number of amides is 1. The van der Waals surface area contributed by atoms with Crippen LogP contribution in [0.25, 0.3) is 10.7 Å². The van der Waals surface area contributed by atoms with Crippen LogP contribution in [0, 0.1) is 0 Å². The summed E-state index contributed by atoms with van der Waals surface area (Å²) < 4.78 is 6.22. The summed E-state index contributed by atoms with van der Waals surface area (Å²) in [6, 6.07) is 2.05. The summed E-state index contributed by atoms with van der Waals surface area (Å²) in [6.45, 7) is 1.45. The number of halogens is 1. The summed E-state index contributed by atoms with van der Waals surface area (Å²) in [5.41, 5.74) is 5.90. The molecule has 0 aromatic carbocycles. The molecule has 0 bridgehead atoms. The van der Waals surface area contributed by atoms with Crippen LogP contribution >= 0.6 is 27.3 Å². The highest BCUT2D eigenvalue weighted by molar-refractivity contribution is 9.10. The molecule has 2 aromatic heterocycles. The van der Waals surface area contributed by atoms with E-state index in [1.54, 1.807) is 11.3 Å². The lowest BCUT2D eigenvalue weighted by Crippen LogP contribution is -2.45. The molecule has 6 nitrogen and oxygen atoms in total. The van der Waals surface area contributed by atoms with E-state index in [0.29, 0.717) is 31.1 Å². The smallest absolute Gasteiger partial charge is 0.227 e. The maximum atomic E-state index is 12.2. The Morgan fingerprint density at radius 3 is 3.18 bits per heavy atom. The molecule has 1 fully saturated rings. The molecule has 8 heteroatoms. The molecule has 0 radical (unpaired) electrons. The minimum absolute atomic E-state index is 0.102. The zero-order valence-electron chi connectivity index (χ0n) is 12.0. The van der Waals surface area contributed by atoms with E-state index in [0.717, 1.165) is 28.7 Å². The van der Waals surface area contributed by atoms with E-state index < -0.39 is 0 Å². The first-order valence-corrected chi connectivity index (χ1v) is 8.89. The normalized spacial score (nSPS) is 18.6. The molecule has 1 saturated heterocycles. The van der Waals surface area contributed by atoms with Gasteiger partial charge in [-0.15, -0.1) is 11.3 Å². The van der Waals surface area contributed by atoms with E-state index in [4.69, 9.17) is 10.3 Å². The highest BCUT2D eigenvalue weighted by atomic mass is 79.9. The van der Waals surface area contributed by atoms with Gasteiger partial charge in [-0.2, -0.15) is 4.98 Å². The van der Waals surface area contributed by atoms with Gasteiger partial charge in [0.1, 0.15) is 0 Å². The van der Waals surface area contributed by atoms with Crippen molar-refractivity contribution in [2.24, 2.45) is 5.73 Å². The first-order chi connectivity index (χ1) is 10.6. The molecule has 1 unspecified atom stereocenters. The molecule has 0 saturated carbocycles. The predicted octanol–water partition coefficient (Wildman–Crippen LogP) is 2.44. The monoisotopic (exact) mass is 384 g/mol. The molecule has 1 aliphatic rings. The zero-order valence-corrected chi connectivity index (χ0v) is 14.4. The van der Waals surface area contributed by atoms with Gasteiger partial charge in [0.2, 0.25) is 17.6 Å². The van der Waals surface area contributed by atoms with Crippen molar-refractivity contribution in [1.82, 2.24) is 15.0 Å². The molecule has 0 aliphatic carbocycles. The molecule has 3 rings (SSSR count). The maximum Gasteiger partial charge on any atom is 0.227 e. The summed E-state index contributed by atoms with van der Waals surface area (Å²) in [5.74, 6) is 1.17. The quantitative estimate of drug-likeness (QED) is 0.874. The molecule has 1 aliphatic heterocycles. The summed E-state index contributed by atoms with van der Waals surface area (Å²) in [5, 5.41) is 5.93. The van der Waals surface area contributed by atoms with Crippen molar-refractivity contribution in [3.05, 3.63) is 21.8 Å². The first-order valence-electron chi connectivity index (χ1n) is 7.22. The number of aryl methyl sites for hydroxylation is 1. The average molecular weight is 385 g/mol. The van der Waals surface area contributed by atoms with Crippen LogP contribution in [-0.2, 0) is 11.2 Å². The number of likely N-dealkylation sites (tertiary alicyclic amines) is 1. The van der Waals surface area contributed by atoms with Gasteiger partial charge in [-0.05, 0) is 34.8 Å². The molecule has 2 N–H and O–H groups in total. The Morgan fingerprint density at radius 2 is 2.45 bits per heavy atom. The Bertz CT molecular complexity index is 657. The number of nitrogens with zero attached hydrogens (tertiary/aromatic N) is 3. The fraction of sp³-hybridized carbons (Fsp3) is 0.500. The third kappa shape index (κ3) is 3.74. The van der Waals surface area contributed by atoms with Crippen LogP contribution in [0.4, 0.5) is 0 Å². The number of hydrogen-bond donors (Lipinski definition) is 1. The van der Waals surface area contributed by atoms with Crippen LogP contribution < -0.4 is 5.73 Å². The Hall–Kier alpha value is -1.25. The molecule has 0 spiro atoms. The van der Waals surface area contributed by atoms with Gasteiger partial charge in [-0.3, -0.25) is 4.79 Å². The van der Waals surface area contributed by atoms with Gasteiger partial charge in [0, 0.05) is 41.8 Å². The molecule has 118 valence electrons. The van der Waals surface area contributed by atoms with E-state index in [1.807, 2.05) is 16.3 Å². The zero-order chi connectivity index (χ0) is 15.5. The van der Waals surface area contributed by atoms with Crippen molar-refractivity contribution in [2.75, 3.05) is 13.1 Å². The van der Waals surface area contributed by atoms with E-state index in [2.05, 4.69) is 26.1 Å². The van der Waals surface area contributed by atoms with Crippen LogP contribution in [0.1, 0.15) is 25.2 Å². The summed E-state index contributed by atoms with van der Waals surface area (Å²) in [6.07, 6.45) is 2.81. The molecule has 1 atom stereocenters. The van der Waals surface area contributed by atoms with E-state index in [1.165, 1.54) is 0 Å². The second kappa shape index (κ2) is 6.89. The number of hydrogen-bond acceptors (Lipinski definition) is 6. The van der Waals surface area contributed by atoms with Gasteiger partial charge in [0.05, 0.1) is 4.88 Å². The van der Waals surface area contributed by atoms with Crippen molar-refractivity contribution in [2.45, 2.75) is 31.7 Å². The summed E-state index contributed by atoms with van der Waals surface area (Å²) in [7, 11) is 0. The molecular weight excluding hydrogens is 368 g/mol. The minimum Gasteiger partial charge on any atom is -0.341 e. The lowest BCUT2D eigenvalue weighted by molar-refractivity contribution is -0.132. The van der Waals surface area contributed by atoms with E-state index >= 15 is 0 Å². The average Bonchev–Trinajstić information content (AvgIpc) is 3.13. The third-order valence-corrected chi connectivity index (χ3v) is 5.31. The lowest BCUT2D eigenvalue weighted by atomic mass is 10.1. The second-order valence-corrected chi connectivity index (χ2v) is 7.21. The van der Waals surface area contributed by atoms with Crippen molar-refractivity contribution in [3.63, 3.8) is 0 Å². The number of nitrogens with two attached hydrogens (primary N) is 1. The van der Waals surface area contributed by atoms with Crippen LogP contribution in [0.5, 0.6) is 0 Å². The number of rotatable bonds is 4. The molecular formula is C14H17BrN4O2S. The molecule has 1 amide bonds. The SMILES string of the molecule is NC1CCCN(C(=O)CCc2nc(-c3cc(Br)cs3)no2)C1. The number of aromatic nitrogens is 2. The van der Waals surface area contributed by atoms with Crippen LogP contribution in [0.15, 0.2) is 20.4 Å². The Morgan fingerprint density at radius 1 is 1.59 bits per heavy atom. The summed E-state index contributed by atoms with van der Waals surface area (Å²) in [4.78, 5) is 19.3. The lowest BCUT2D eigenvalue weighted by Gasteiger charge is -2.30. The Labute approximate surface area is 140 Å². The third-order valence-electron chi connectivity index (χ3n) is 3.62. The highest BCUT2D eigenvalue weighted by Gasteiger charge is 2.21. The summed E-state index contributed by atoms with van der Waals surface area (Å²) >= 11 is 4.94. The standard InChI is InChI=1S/C14H17BrN4O2S/c15-9-6-11(22-8-9)14-17-12(21-18-14)3-4-13(20)19-5-1-2-10(16)7-19/h6,8,10H,1-5,7,16H2. The second-order valence-electron chi connectivity index (χ2n) is 5.38. The van der Waals surface area contributed by atoms with E-state index in [9.17, 15) is 4.79 Å². The topological polar surface area (TPSA) is 85.2 Å². The molecule has 22 heavy (non-hydrogen) atoms. The van der Waals surface area contributed by atoms with Gasteiger partial charge in [0.25, 0.3) is 0 Å². The van der Waals surface area contributed by atoms with E-state index in [-0.39, 0.29) is 11.9 Å². The Balaban J connectivity index is 1.55. The maximum absolute atomic E-state index is 12.2. The number of carbonyl (C=O) groups excluding carboxylic acids is 1. The van der Waals surface area contributed by atoms with Crippen molar-refractivity contribution in [1.29, 1.82) is 0 Å². The van der Waals surface area contributed by atoms with Gasteiger partial charge in [-0.25, -0.2) is 0 Å². The number of carbonyl (C=O) groups is 1. The van der Waals surface area contributed by atoms with Gasteiger partial charge >= 0.3 is 0 Å². The fourth-order valence-electron chi connectivity index (χ4n) is 2.50. The first kappa shape index (κ1) is 15.6. The van der Waals surface area contributed by atoms with Crippen molar-refractivity contribution in [3.8, 4) is 10.7 Å². The molecule has 2 aromatic rings. The van der Waals surface area contributed by atoms with Crippen molar-refractivity contribution < 1.29 is 9.32 Å². The number of piperidine rings is 1. The van der Waals surface area contributed by atoms with Gasteiger partial charge < -0.3 is 15.2 Å². The largest absolute Gasteiger partial charge is 0.341 e. The van der Waals surface area contributed by atoms with Crippen LogP contribution in [-0.4, -0.2) is 40.1 Å².